The smallest absolute Gasteiger partial charge is 0.230 e. The number of hydrogen-bond donors (Lipinski definition) is 1. The van der Waals surface area contributed by atoms with Crippen LogP contribution >= 0.6 is 0 Å². The summed E-state index contributed by atoms with van der Waals surface area (Å²) in [6.07, 6.45) is 1.93. The number of aromatic hydroxyl groups is 1. The molecule has 41 heavy (non-hydrogen) atoms. The Morgan fingerprint density at radius 3 is 2.24 bits per heavy atom. The van der Waals surface area contributed by atoms with Crippen LogP contribution < -0.4 is 0 Å². The molecule has 204 valence electrons. The number of pyridine rings is 1. The molecule has 0 saturated carbocycles. The van der Waals surface area contributed by atoms with E-state index in [1.807, 2.05) is 30.5 Å². The molecule has 1 N–H and O–H groups in total. The predicted octanol–water partition coefficient (Wildman–Crippen LogP) is 9.33. The van der Waals surface area contributed by atoms with Crippen molar-refractivity contribution in [2.45, 2.75) is 26.2 Å². The summed E-state index contributed by atoms with van der Waals surface area (Å²) < 4.78 is 6.29. The average molecular weight is 715 g/mol. The van der Waals surface area contributed by atoms with Crippen molar-refractivity contribution in [2.24, 2.45) is 0 Å². The Morgan fingerprint density at radius 2 is 1.46 bits per heavy atom. The molecule has 4 nitrogen and oxygen atoms in total. The first kappa shape index (κ1) is 26.9. The van der Waals surface area contributed by atoms with E-state index >= 15 is 0 Å². The van der Waals surface area contributed by atoms with Gasteiger partial charge in [-0.3, -0.25) is 4.98 Å². The van der Waals surface area contributed by atoms with Gasteiger partial charge in [-0.05, 0) is 39.9 Å². The van der Waals surface area contributed by atoms with Gasteiger partial charge >= 0.3 is 0 Å². The second kappa shape index (κ2) is 10.3. The van der Waals surface area contributed by atoms with Crippen LogP contribution in [0.15, 0.2) is 108 Å². The number of aromatic nitrogens is 2. The van der Waals surface area contributed by atoms with E-state index in [-0.39, 0.29) is 32.2 Å². The van der Waals surface area contributed by atoms with Crippen LogP contribution in [-0.4, -0.2) is 15.1 Å². The number of phenolic OH excluding ortho intramolecular Hbond substituents is 1. The van der Waals surface area contributed by atoms with E-state index in [0.717, 1.165) is 55.0 Å². The number of nitrogens with zero attached hydrogens (tertiary/aromatic N) is 2. The molecule has 0 aliphatic heterocycles. The molecule has 0 saturated heterocycles. The Hall–Kier alpha value is -4.27. The molecule has 0 bridgehead atoms. The van der Waals surface area contributed by atoms with Crippen LogP contribution in [0.3, 0.4) is 0 Å². The van der Waals surface area contributed by atoms with Gasteiger partial charge in [0.15, 0.2) is 0 Å². The fourth-order valence-electron chi connectivity index (χ4n) is 5.25. The number of oxazole rings is 1. The van der Waals surface area contributed by atoms with Gasteiger partial charge in [-0.25, -0.2) is 4.98 Å². The van der Waals surface area contributed by atoms with Gasteiger partial charge < -0.3 is 9.52 Å². The van der Waals surface area contributed by atoms with Crippen molar-refractivity contribution in [1.29, 1.82) is 0 Å². The minimum Gasteiger partial charge on any atom is -0.507 e. The Balaban J connectivity index is 0.00000302. The fourth-order valence-corrected chi connectivity index (χ4v) is 5.25. The van der Waals surface area contributed by atoms with Gasteiger partial charge in [-0.15, -0.1) is 17.7 Å². The van der Waals surface area contributed by atoms with Crippen LogP contribution in [0.25, 0.3) is 66.5 Å². The van der Waals surface area contributed by atoms with Gasteiger partial charge in [0.2, 0.25) is 5.89 Å². The molecule has 0 amide bonds. The molecular weight excluding hydrogens is 687 g/mol. The van der Waals surface area contributed by atoms with E-state index in [1.54, 1.807) is 12.1 Å². The summed E-state index contributed by atoms with van der Waals surface area (Å²) in [5, 5.41) is 14.9. The van der Waals surface area contributed by atoms with Gasteiger partial charge in [0.05, 0.1) is 11.1 Å². The molecule has 0 radical (unpaired) electrons. The van der Waals surface area contributed by atoms with E-state index in [0.29, 0.717) is 17.0 Å². The second-order valence-corrected chi connectivity index (χ2v) is 11.2. The van der Waals surface area contributed by atoms with Crippen molar-refractivity contribution in [3.05, 3.63) is 115 Å². The van der Waals surface area contributed by atoms with Crippen LogP contribution in [0.1, 0.15) is 26.3 Å². The number of para-hydroxylation sites is 1. The van der Waals surface area contributed by atoms with Crippen molar-refractivity contribution in [3.8, 4) is 39.6 Å². The first-order chi connectivity index (χ1) is 19.3. The zero-order chi connectivity index (χ0) is 27.4. The maximum absolute atomic E-state index is 10.5. The van der Waals surface area contributed by atoms with E-state index < -0.39 is 0 Å². The Bertz CT molecular complexity index is 2070. The van der Waals surface area contributed by atoms with E-state index in [1.165, 1.54) is 0 Å². The fraction of sp³-hybridized carbons (Fsp3) is 0.111. The SMILES string of the molecule is CC(C)(C)c1cc(-c2[c-]c(-c3cc4ccccc4cn3)c3ccccc3c2)c2nc(-c3ccccc3O)oc2c1.[Pt]. The van der Waals surface area contributed by atoms with Gasteiger partial charge in [0, 0.05) is 33.0 Å². The van der Waals surface area contributed by atoms with E-state index in [9.17, 15) is 5.11 Å². The molecule has 0 atom stereocenters. The molecule has 5 aromatic carbocycles. The monoisotopic (exact) mass is 714 g/mol. The Labute approximate surface area is 253 Å². The summed E-state index contributed by atoms with van der Waals surface area (Å²) in [4.78, 5) is 9.75. The van der Waals surface area contributed by atoms with Gasteiger partial charge in [0.25, 0.3) is 0 Å². The van der Waals surface area contributed by atoms with Crippen LogP contribution in [0.4, 0.5) is 0 Å². The quantitative estimate of drug-likeness (QED) is 0.186. The number of fused-ring (bicyclic) bond motifs is 3. The Morgan fingerprint density at radius 1 is 0.756 bits per heavy atom. The molecule has 0 spiro atoms. The number of hydrogen-bond acceptors (Lipinski definition) is 4. The third-order valence-electron chi connectivity index (χ3n) is 7.46. The standard InChI is InChI=1S/C36H27N2O2.Pt/c1-36(2,3)26-19-29(34-33(20-26)40-35(38-34)28-14-8-9-15-32(28)39)25-16-23-11-6-7-13-27(23)30(17-25)31-18-22-10-4-5-12-24(22)21-37-31;/h4-16,18-21,39H,1-3H3;/q-1;. The molecule has 0 unspecified atom stereocenters. The number of phenols is 1. The maximum atomic E-state index is 10.5. The topological polar surface area (TPSA) is 59.2 Å². The third kappa shape index (κ3) is 4.83. The van der Waals surface area contributed by atoms with Gasteiger partial charge in [0.1, 0.15) is 11.3 Å². The summed E-state index contributed by atoms with van der Waals surface area (Å²) >= 11 is 0. The molecule has 0 fully saturated rings. The molecule has 5 heteroatoms. The van der Waals surface area contributed by atoms with Crippen molar-refractivity contribution < 1.29 is 30.6 Å². The third-order valence-corrected chi connectivity index (χ3v) is 7.46. The molecule has 2 heterocycles. The minimum atomic E-state index is -0.121. The summed E-state index contributed by atoms with van der Waals surface area (Å²) in [6.45, 7) is 6.56. The largest absolute Gasteiger partial charge is 0.507 e. The predicted molar refractivity (Wildman–Crippen MR) is 162 cm³/mol. The van der Waals surface area contributed by atoms with E-state index in [2.05, 4.69) is 87.5 Å². The van der Waals surface area contributed by atoms with Crippen molar-refractivity contribution in [3.63, 3.8) is 0 Å². The van der Waals surface area contributed by atoms with Crippen molar-refractivity contribution >= 4 is 32.6 Å². The second-order valence-electron chi connectivity index (χ2n) is 11.2. The molecule has 0 aliphatic carbocycles. The first-order valence-electron chi connectivity index (χ1n) is 13.4. The minimum absolute atomic E-state index is 0. The summed E-state index contributed by atoms with van der Waals surface area (Å²) in [6, 6.07) is 36.0. The summed E-state index contributed by atoms with van der Waals surface area (Å²) in [5.74, 6) is 0.520. The van der Waals surface area contributed by atoms with Crippen molar-refractivity contribution in [1.82, 2.24) is 9.97 Å². The Kier molecular flexibility index (Phi) is 6.75. The number of rotatable bonds is 3. The molecule has 7 rings (SSSR count). The molecular formula is C36H27N2O2Pt-. The first-order valence-corrected chi connectivity index (χ1v) is 13.4. The van der Waals surface area contributed by atoms with Crippen molar-refractivity contribution in [2.75, 3.05) is 0 Å². The van der Waals surface area contributed by atoms with Gasteiger partial charge in [-0.1, -0.05) is 115 Å². The maximum Gasteiger partial charge on any atom is 0.230 e. The molecule has 2 aromatic heterocycles. The van der Waals surface area contributed by atoms with Crippen LogP contribution in [0.2, 0.25) is 0 Å². The van der Waals surface area contributed by atoms with Crippen LogP contribution in [0.5, 0.6) is 5.75 Å². The van der Waals surface area contributed by atoms with Crippen LogP contribution in [-0.2, 0) is 26.5 Å². The average Bonchev–Trinajstić information content (AvgIpc) is 3.40. The zero-order valence-corrected chi connectivity index (χ0v) is 25.2. The molecule has 7 aromatic rings. The zero-order valence-electron chi connectivity index (χ0n) is 22.9. The summed E-state index contributed by atoms with van der Waals surface area (Å²) in [5.41, 5.74) is 6.63. The normalized spacial score (nSPS) is 11.7. The summed E-state index contributed by atoms with van der Waals surface area (Å²) in [7, 11) is 0. The molecule has 0 aliphatic rings. The van der Waals surface area contributed by atoms with Crippen LogP contribution in [0, 0.1) is 6.07 Å². The number of benzene rings is 5. The van der Waals surface area contributed by atoms with Gasteiger partial charge in [-0.2, -0.15) is 0 Å². The van der Waals surface area contributed by atoms with E-state index in [4.69, 9.17) is 14.4 Å².